The maximum absolute atomic E-state index is 10.9. The van der Waals surface area contributed by atoms with Gasteiger partial charge in [0.05, 0.1) is 0 Å². The van der Waals surface area contributed by atoms with Crippen molar-refractivity contribution in [1.29, 1.82) is 0 Å². The molecule has 0 amide bonds. The van der Waals surface area contributed by atoms with Crippen LogP contribution in [0.3, 0.4) is 0 Å². The van der Waals surface area contributed by atoms with E-state index in [9.17, 15) is 4.57 Å². The van der Waals surface area contributed by atoms with Crippen LogP contribution in [0.25, 0.3) is 0 Å². The van der Waals surface area contributed by atoms with Crippen molar-refractivity contribution in [3.8, 4) is 0 Å². The SMILES string of the molecule is O=P(Cl)(Cl)CCCc1ccccc1. The predicted octanol–water partition coefficient (Wildman–Crippen LogP) is 4.29. The third kappa shape index (κ3) is 5.36. The summed E-state index contributed by atoms with van der Waals surface area (Å²) in [5.74, 6) is -2.86. The Balaban J connectivity index is 2.33. The Hall–Kier alpha value is 0.0300. The summed E-state index contributed by atoms with van der Waals surface area (Å²) in [7, 11) is 0. The molecular formula is C9H11Cl2OP. The molecule has 0 N–H and O–H groups in total. The molecule has 0 saturated heterocycles. The van der Waals surface area contributed by atoms with Crippen LogP contribution < -0.4 is 0 Å². The number of halogens is 2. The Morgan fingerprint density at radius 2 is 1.77 bits per heavy atom. The van der Waals surface area contributed by atoms with Crippen LogP contribution in [0, 0.1) is 0 Å². The fourth-order valence-corrected chi connectivity index (χ4v) is 2.36. The van der Waals surface area contributed by atoms with Crippen molar-refractivity contribution in [2.75, 3.05) is 6.16 Å². The number of aryl methyl sites for hydroxylation is 1. The lowest BCUT2D eigenvalue weighted by Gasteiger charge is -2.01. The van der Waals surface area contributed by atoms with Gasteiger partial charge in [0.2, 0.25) is 0 Å². The molecule has 72 valence electrons. The van der Waals surface area contributed by atoms with Gasteiger partial charge in [-0.1, -0.05) is 30.3 Å². The molecule has 0 saturated carbocycles. The smallest absolute Gasteiger partial charge is 0.253 e. The summed E-state index contributed by atoms with van der Waals surface area (Å²) < 4.78 is 10.9. The Kier molecular flexibility index (Phi) is 4.31. The number of rotatable bonds is 4. The molecule has 1 nitrogen and oxygen atoms in total. The molecule has 0 spiro atoms. The van der Waals surface area contributed by atoms with Gasteiger partial charge < -0.3 is 0 Å². The summed E-state index contributed by atoms with van der Waals surface area (Å²) in [5, 5.41) is 0. The number of benzene rings is 1. The lowest BCUT2D eigenvalue weighted by molar-refractivity contribution is 0.591. The summed E-state index contributed by atoms with van der Waals surface area (Å²) in [4.78, 5) is 0. The van der Waals surface area contributed by atoms with Crippen LogP contribution in [0.1, 0.15) is 12.0 Å². The van der Waals surface area contributed by atoms with Gasteiger partial charge in [-0.15, -0.1) is 0 Å². The van der Waals surface area contributed by atoms with E-state index in [1.807, 2.05) is 30.3 Å². The van der Waals surface area contributed by atoms with E-state index < -0.39 is 5.85 Å². The second kappa shape index (κ2) is 5.05. The van der Waals surface area contributed by atoms with E-state index in [0.717, 1.165) is 12.8 Å². The molecule has 1 aromatic carbocycles. The molecule has 0 aromatic heterocycles. The van der Waals surface area contributed by atoms with Crippen LogP contribution in [-0.2, 0) is 11.0 Å². The van der Waals surface area contributed by atoms with Gasteiger partial charge in [-0.2, -0.15) is 0 Å². The molecule has 0 heterocycles. The molecular weight excluding hydrogens is 226 g/mol. The zero-order valence-corrected chi connectivity index (χ0v) is 9.53. The van der Waals surface area contributed by atoms with Crippen molar-refractivity contribution >= 4 is 28.3 Å². The highest BCUT2D eigenvalue weighted by molar-refractivity contribution is 8.08. The summed E-state index contributed by atoms with van der Waals surface area (Å²) >= 11 is 10.8. The molecule has 0 atom stereocenters. The van der Waals surface area contributed by atoms with Crippen LogP contribution >= 0.6 is 28.3 Å². The first-order chi connectivity index (χ1) is 6.08. The van der Waals surface area contributed by atoms with E-state index >= 15 is 0 Å². The zero-order valence-electron chi connectivity index (χ0n) is 7.12. The van der Waals surface area contributed by atoms with E-state index in [4.69, 9.17) is 22.5 Å². The summed E-state index contributed by atoms with van der Waals surface area (Å²) in [5.41, 5.74) is 1.23. The Morgan fingerprint density at radius 3 is 2.31 bits per heavy atom. The Morgan fingerprint density at radius 1 is 1.15 bits per heavy atom. The molecule has 4 heteroatoms. The molecule has 0 radical (unpaired) electrons. The highest BCUT2D eigenvalue weighted by Crippen LogP contribution is 2.56. The minimum absolute atomic E-state index is 0.394. The quantitative estimate of drug-likeness (QED) is 0.714. The van der Waals surface area contributed by atoms with Gasteiger partial charge in [-0.3, -0.25) is 4.57 Å². The molecule has 1 rings (SSSR count). The minimum Gasteiger partial charge on any atom is -0.289 e. The van der Waals surface area contributed by atoms with E-state index in [1.54, 1.807) is 0 Å². The molecule has 0 aliphatic carbocycles. The molecule has 0 bridgehead atoms. The van der Waals surface area contributed by atoms with Crippen LogP contribution in [0.15, 0.2) is 30.3 Å². The van der Waals surface area contributed by atoms with E-state index in [-0.39, 0.29) is 0 Å². The van der Waals surface area contributed by atoms with Crippen molar-refractivity contribution in [2.24, 2.45) is 0 Å². The highest BCUT2D eigenvalue weighted by Gasteiger charge is 2.12. The van der Waals surface area contributed by atoms with Gasteiger partial charge in [-0.05, 0) is 40.9 Å². The van der Waals surface area contributed by atoms with Gasteiger partial charge in [0, 0.05) is 6.16 Å². The minimum atomic E-state index is -2.86. The lowest BCUT2D eigenvalue weighted by Crippen LogP contribution is -1.87. The fraction of sp³-hybridized carbons (Fsp3) is 0.333. The predicted molar refractivity (Wildman–Crippen MR) is 58.9 cm³/mol. The monoisotopic (exact) mass is 236 g/mol. The van der Waals surface area contributed by atoms with E-state index in [0.29, 0.717) is 6.16 Å². The maximum atomic E-state index is 10.9. The van der Waals surface area contributed by atoms with Crippen LogP contribution in [0.5, 0.6) is 0 Å². The largest absolute Gasteiger partial charge is 0.289 e. The lowest BCUT2D eigenvalue weighted by atomic mass is 10.1. The summed E-state index contributed by atoms with van der Waals surface area (Å²) in [6.07, 6.45) is 2.05. The first-order valence-corrected chi connectivity index (χ1v) is 7.80. The molecule has 0 aliphatic heterocycles. The van der Waals surface area contributed by atoms with Gasteiger partial charge in [-0.25, -0.2) is 0 Å². The molecule has 1 aromatic rings. The molecule has 13 heavy (non-hydrogen) atoms. The van der Waals surface area contributed by atoms with Crippen LogP contribution in [0.4, 0.5) is 0 Å². The van der Waals surface area contributed by atoms with Crippen LogP contribution in [-0.4, -0.2) is 6.16 Å². The van der Waals surface area contributed by atoms with Crippen LogP contribution in [0.2, 0.25) is 0 Å². The van der Waals surface area contributed by atoms with Crippen molar-refractivity contribution in [3.63, 3.8) is 0 Å². The second-order valence-electron chi connectivity index (χ2n) is 2.88. The molecule has 0 aliphatic rings. The van der Waals surface area contributed by atoms with Gasteiger partial charge >= 0.3 is 0 Å². The average molecular weight is 237 g/mol. The number of hydrogen-bond acceptors (Lipinski definition) is 1. The first kappa shape index (κ1) is 11.1. The van der Waals surface area contributed by atoms with Gasteiger partial charge in [0.15, 0.2) is 0 Å². The molecule has 0 unspecified atom stereocenters. The van der Waals surface area contributed by atoms with Gasteiger partial charge in [0.1, 0.15) is 0 Å². The summed E-state index contributed by atoms with van der Waals surface area (Å²) in [6, 6.07) is 10.0. The van der Waals surface area contributed by atoms with Gasteiger partial charge in [0.25, 0.3) is 5.85 Å². The topological polar surface area (TPSA) is 17.1 Å². The highest BCUT2D eigenvalue weighted by atomic mass is 35.9. The normalized spacial score (nSPS) is 11.5. The average Bonchev–Trinajstić information content (AvgIpc) is 2.04. The second-order valence-corrected chi connectivity index (χ2v) is 8.27. The fourth-order valence-electron chi connectivity index (χ4n) is 1.11. The number of hydrogen-bond donors (Lipinski definition) is 0. The summed E-state index contributed by atoms with van der Waals surface area (Å²) in [6.45, 7) is 0. The van der Waals surface area contributed by atoms with Crippen molar-refractivity contribution in [2.45, 2.75) is 12.8 Å². The van der Waals surface area contributed by atoms with Crippen molar-refractivity contribution in [3.05, 3.63) is 35.9 Å². The molecule has 0 fully saturated rings. The van der Waals surface area contributed by atoms with Crippen molar-refractivity contribution in [1.82, 2.24) is 0 Å². The Labute approximate surface area is 88.0 Å². The maximum Gasteiger partial charge on any atom is 0.253 e. The van der Waals surface area contributed by atoms with Crippen molar-refractivity contribution < 1.29 is 4.57 Å². The first-order valence-electron chi connectivity index (χ1n) is 4.10. The van der Waals surface area contributed by atoms with E-state index in [1.165, 1.54) is 5.56 Å². The zero-order chi connectivity index (χ0) is 9.73. The standard InChI is InChI=1S/C9H11Cl2OP/c10-13(11,12)8-4-7-9-5-2-1-3-6-9/h1-3,5-6H,4,7-8H2. The van der Waals surface area contributed by atoms with E-state index in [2.05, 4.69) is 0 Å². The third-order valence-electron chi connectivity index (χ3n) is 1.73. The Bertz CT molecular complexity index is 294. The third-order valence-corrected chi connectivity index (χ3v) is 3.58.